The van der Waals surface area contributed by atoms with Gasteiger partial charge in [-0.15, -0.1) is 0 Å². The van der Waals surface area contributed by atoms with Crippen molar-refractivity contribution in [3.05, 3.63) is 102 Å². The van der Waals surface area contributed by atoms with Gasteiger partial charge < -0.3 is 9.47 Å². The lowest BCUT2D eigenvalue weighted by molar-refractivity contribution is 0.0734. The number of sulfonamides is 1. The zero-order valence-corrected chi connectivity index (χ0v) is 19.4. The second kappa shape index (κ2) is 9.76. The van der Waals surface area contributed by atoms with E-state index in [-0.39, 0.29) is 10.6 Å². The fourth-order valence-corrected chi connectivity index (χ4v) is 4.11. The maximum Gasteiger partial charge on any atom is 0.343 e. The molecule has 4 aromatic rings. The number of aryl methyl sites for hydroxylation is 1. The van der Waals surface area contributed by atoms with Crippen molar-refractivity contribution in [2.24, 2.45) is 5.10 Å². The lowest BCUT2D eigenvalue weighted by Crippen LogP contribution is -2.18. The van der Waals surface area contributed by atoms with Gasteiger partial charge in [0.1, 0.15) is 11.5 Å². The van der Waals surface area contributed by atoms with Crippen LogP contribution < -0.4 is 14.3 Å². The molecule has 0 fully saturated rings. The Morgan fingerprint density at radius 3 is 2.32 bits per heavy atom. The predicted molar refractivity (Wildman–Crippen MR) is 131 cm³/mol. The predicted octanol–water partition coefficient (Wildman–Crippen LogP) is 4.69. The van der Waals surface area contributed by atoms with Crippen LogP contribution in [0.1, 0.15) is 21.5 Å². The summed E-state index contributed by atoms with van der Waals surface area (Å²) >= 11 is 0. The average molecular weight is 475 g/mol. The fraction of sp³-hybridized carbons (Fsp3) is 0.0769. The van der Waals surface area contributed by atoms with E-state index < -0.39 is 16.0 Å². The van der Waals surface area contributed by atoms with Gasteiger partial charge in [-0.3, -0.25) is 0 Å². The second-order valence-electron chi connectivity index (χ2n) is 7.48. The molecule has 4 rings (SSSR count). The van der Waals surface area contributed by atoms with E-state index in [1.807, 2.05) is 37.3 Å². The Hall–Kier alpha value is -4.17. The summed E-state index contributed by atoms with van der Waals surface area (Å²) in [5.74, 6) is 0.307. The highest BCUT2D eigenvalue weighted by molar-refractivity contribution is 7.89. The van der Waals surface area contributed by atoms with E-state index in [2.05, 4.69) is 9.93 Å². The molecule has 0 saturated heterocycles. The van der Waals surface area contributed by atoms with E-state index in [0.29, 0.717) is 16.9 Å². The number of benzene rings is 4. The average Bonchev–Trinajstić information content (AvgIpc) is 2.85. The Labute approximate surface area is 197 Å². The molecule has 0 aliphatic carbocycles. The Morgan fingerprint density at radius 1 is 0.912 bits per heavy atom. The smallest absolute Gasteiger partial charge is 0.343 e. The van der Waals surface area contributed by atoms with Crippen LogP contribution >= 0.6 is 0 Å². The number of hydrogen-bond acceptors (Lipinski definition) is 6. The van der Waals surface area contributed by atoms with Crippen LogP contribution in [0.2, 0.25) is 0 Å². The standard InChI is InChI=1S/C26H22N2O5S/c1-18-7-14-22(15-8-18)34(30,31)28-27-17-24-23-6-4-3-5-19(23)11-16-25(24)33-26(29)20-9-12-21(32-2)13-10-20/h3-17,28H,1-2H3. The number of hydrogen-bond donors (Lipinski definition) is 1. The van der Waals surface area contributed by atoms with E-state index in [0.717, 1.165) is 16.3 Å². The molecule has 7 nitrogen and oxygen atoms in total. The van der Waals surface area contributed by atoms with Crippen LogP contribution in [0.25, 0.3) is 10.8 Å². The summed E-state index contributed by atoms with van der Waals surface area (Å²) in [5, 5.41) is 5.59. The third-order valence-electron chi connectivity index (χ3n) is 5.16. The molecule has 0 bridgehead atoms. The fourth-order valence-electron chi connectivity index (χ4n) is 3.31. The SMILES string of the molecule is COc1ccc(C(=O)Oc2ccc3ccccc3c2C=NNS(=O)(=O)c2ccc(C)cc2)cc1. The molecule has 0 unspecified atom stereocenters. The van der Waals surface area contributed by atoms with Crippen molar-refractivity contribution in [3.8, 4) is 11.5 Å². The minimum Gasteiger partial charge on any atom is -0.497 e. The normalized spacial score (nSPS) is 11.5. The molecule has 0 spiro atoms. The lowest BCUT2D eigenvalue weighted by atomic mass is 10.0. The van der Waals surface area contributed by atoms with Crippen LogP contribution in [-0.4, -0.2) is 27.7 Å². The first-order chi connectivity index (χ1) is 16.4. The molecule has 0 radical (unpaired) electrons. The zero-order chi connectivity index (χ0) is 24.1. The van der Waals surface area contributed by atoms with Crippen molar-refractivity contribution in [3.63, 3.8) is 0 Å². The Balaban J connectivity index is 1.64. The van der Waals surface area contributed by atoms with Gasteiger partial charge in [0.15, 0.2) is 0 Å². The number of fused-ring (bicyclic) bond motifs is 1. The minimum atomic E-state index is -3.85. The highest BCUT2D eigenvalue weighted by atomic mass is 32.2. The third kappa shape index (κ3) is 5.07. The van der Waals surface area contributed by atoms with Gasteiger partial charge in [0.2, 0.25) is 0 Å². The van der Waals surface area contributed by atoms with Crippen molar-refractivity contribution in [1.29, 1.82) is 0 Å². The molecule has 0 aromatic heterocycles. The molecule has 1 N–H and O–H groups in total. The summed E-state index contributed by atoms with van der Waals surface area (Å²) in [7, 11) is -2.31. The van der Waals surface area contributed by atoms with Crippen LogP contribution in [0, 0.1) is 6.92 Å². The number of esters is 1. The topological polar surface area (TPSA) is 94.1 Å². The Bertz CT molecular complexity index is 1460. The van der Waals surface area contributed by atoms with Gasteiger partial charge in [0, 0.05) is 5.56 Å². The molecule has 172 valence electrons. The largest absolute Gasteiger partial charge is 0.497 e. The van der Waals surface area contributed by atoms with E-state index in [1.165, 1.54) is 18.3 Å². The Morgan fingerprint density at radius 2 is 1.62 bits per heavy atom. The quantitative estimate of drug-likeness (QED) is 0.182. The van der Waals surface area contributed by atoms with Crippen LogP contribution in [-0.2, 0) is 10.0 Å². The summed E-state index contributed by atoms with van der Waals surface area (Å²) in [6.45, 7) is 1.87. The highest BCUT2D eigenvalue weighted by Crippen LogP contribution is 2.27. The van der Waals surface area contributed by atoms with Crippen LogP contribution in [0.5, 0.6) is 11.5 Å². The molecule has 0 atom stereocenters. The summed E-state index contributed by atoms with van der Waals surface area (Å²) in [6, 6.07) is 23.9. The van der Waals surface area contributed by atoms with Gasteiger partial charge in [-0.2, -0.15) is 13.5 Å². The summed E-state index contributed by atoms with van der Waals surface area (Å²) < 4.78 is 35.9. The first kappa shape index (κ1) is 23.0. The summed E-state index contributed by atoms with van der Waals surface area (Å²) in [5.41, 5.74) is 1.75. The number of nitrogens with one attached hydrogen (secondary N) is 1. The van der Waals surface area contributed by atoms with Crippen molar-refractivity contribution in [1.82, 2.24) is 4.83 Å². The number of ether oxygens (including phenoxy) is 2. The van der Waals surface area contributed by atoms with Gasteiger partial charge in [-0.1, -0.05) is 48.0 Å². The molecule has 4 aromatic carbocycles. The molecular formula is C26H22N2O5S. The summed E-state index contributed by atoms with van der Waals surface area (Å²) in [6.07, 6.45) is 1.34. The molecular weight excluding hydrogens is 452 g/mol. The minimum absolute atomic E-state index is 0.0966. The first-order valence-electron chi connectivity index (χ1n) is 10.4. The zero-order valence-electron chi connectivity index (χ0n) is 18.6. The van der Waals surface area contributed by atoms with E-state index in [4.69, 9.17) is 9.47 Å². The van der Waals surface area contributed by atoms with Crippen LogP contribution in [0.4, 0.5) is 0 Å². The molecule has 0 saturated carbocycles. The second-order valence-corrected chi connectivity index (χ2v) is 9.14. The van der Waals surface area contributed by atoms with Crippen molar-refractivity contribution < 1.29 is 22.7 Å². The van der Waals surface area contributed by atoms with Crippen LogP contribution in [0.15, 0.2) is 94.9 Å². The molecule has 34 heavy (non-hydrogen) atoms. The monoisotopic (exact) mass is 474 g/mol. The maximum atomic E-state index is 12.7. The first-order valence-corrected chi connectivity index (χ1v) is 11.9. The van der Waals surface area contributed by atoms with E-state index in [1.54, 1.807) is 49.6 Å². The van der Waals surface area contributed by atoms with Gasteiger partial charge in [0.25, 0.3) is 10.0 Å². The number of carbonyl (C=O) groups is 1. The van der Waals surface area contributed by atoms with Gasteiger partial charge >= 0.3 is 5.97 Å². The molecule has 0 heterocycles. The van der Waals surface area contributed by atoms with Gasteiger partial charge in [-0.25, -0.2) is 9.63 Å². The Kier molecular flexibility index (Phi) is 6.60. The highest BCUT2D eigenvalue weighted by Gasteiger charge is 2.15. The van der Waals surface area contributed by atoms with Gasteiger partial charge in [0.05, 0.1) is 23.8 Å². The van der Waals surface area contributed by atoms with Crippen molar-refractivity contribution in [2.45, 2.75) is 11.8 Å². The molecule has 0 aliphatic rings. The van der Waals surface area contributed by atoms with Gasteiger partial charge in [-0.05, 0) is 60.2 Å². The number of hydrazone groups is 1. The summed E-state index contributed by atoms with van der Waals surface area (Å²) in [4.78, 5) is 15.0. The van der Waals surface area contributed by atoms with Crippen molar-refractivity contribution in [2.75, 3.05) is 7.11 Å². The van der Waals surface area contributed by atoms with E-state index in [9.17, 15) is 13.2 Å². The number of carbonyl (C=O) groups excluding carboxylic acids is 1. The third-order valence-corrected chi connectivity index (χ3v) is 6.40. The molecule has 0 aliphatic heterocycles. The van der Waals surface area contributed by atoms with Crippen LogP contribution in [0.3, 0.4) is 0 Å². The maximum absolute atomic E-state index is 12.7. The number of methoxy groups -OCH3 is 1. The number of nitrogens with zero attached hydrogens (tertiary/aromatic N) is 1. The molecule has 0 amide bonds. The van der Waals surface area contributed by atoms with Crippen molar-refractivity contribution >= 4 is 33.0 Å². The molecule has 8 heteroatoms. The van der Waals surface area contributed by atoms with E-state index >= 15 is 0 Å². The lowest BCUT2D eigenvalue weighted by Gasteiger charge is -2.11. The number of rotatable bonds is 7.